The quantitative estimate of drug-likeness (QED) is 0.795. The molecule has 0 spiro atoms. The van der Waals surface area contributed by atoms with Crippen molar-refractivity contribution < 1.29 is 4.74 Å². The standard InChI is InChI=1S/C15H25N3O3/c1-4-6-16-7-5-14(19)18(15(16)20)11-13-10-17(12(2)3)8-9-21-13/h5,7,12-13H,4,6,8-11H2,1-3H3. The maximum absolute atomic E-state index is 12.3. The molecule has 0 bridgehead atoms. The van der Waals surface area contributed by atoms with Crippen molar-refractivity contribution in [3.63, 3.8) is 0 Å². The van der Waals surface area contributed by atoms with Crippen molar-refractivity contribution in [1.82, 2.24) is 14.0 Å². The average molecular weight is 295 g/mol. The molecule has 1 aromatic heterocycles. The van der Waals surface area contributed by atoms with Crippen molar-refractivity contribution in [2.45, 2.75) is 52.4 Å². The van der Waals surface area contributed by atoms with Crippen LogP contribution < -0.4 is 11.2 Å². The van der Waals surface area contributed by atoms with Gasteiger partial charge < -0.3 is 9.30 Å². The fourth-order valence-corrected chi connectivity index (χ4v) is 2.66. The topological polar surface area (TPSA) is 56.5 Å². The summed E-state index contributed by atoms with van der Waals surface area (Å²) in [6, 6.07) is 1.90. The van der Waals surface area contributed by atoms with Crippen molar-refractivity contribution in [3.05, 3.63) is 33.1 Å². The van der Waals surface area contributed by atoms with Gasteiger partial charge in [-0.15, -0.1) is 0 Å². The lowest BCUT2D eigenvalue weighted by molar-refractivity contribution is -0.0466. The summed E-state index contributed by atoms with van der Waals surface area (Å²) < 4.78 is 8.61. The number of aromatic nitrogens is 2. The third kappa shape index (κ3) is 3.83. The van der Waals surface area contributed by atoms with Gasteiger partial charge in [-0.3, -0.25) is 14.3 Å². The maximum Gasteiger partial charge on any atom is 0.331 e. The minimum Gasteiger partial charge on any atom is -0.374 e. The highest BCUT2D eigenvalue weighted by Crippen LogP contribution is 2.09. The Morgan fingerprint density at radius 1 is 1.38 bits per heavy atom. The van der Waals surface area contributed by atoms with E-state index in [9.17, 15) is 9.59 Å². The van der Waals surface area contributed by atoms with E-state index in [1.54, 1.807) is 10.8 Å². The van der Waals surface area contributed by atoms with E-state index in [2.05, 4.69) is 18.7 Å². The number of nitrogens with zero attached hydrogens (tertiary/aromatic N) is 3. The molecule has 2 heterocycles. The van der Waals surface area contributed by atoms with Gasteiger partial charge in [-0.05, 0) is 20.3 Å². The fraction of sp³-hybridized carbons (Fsp3) is 0.733. The van der Waals surface area contributed by atoms with E-state index in [4.69, 9.17) is 4.74 Å². The van der Waals surface area contributed by atoms with Gasteiger partial charge in [-0.1, -0.05) is 6.92 Å². The Labute approximate surface area is 124 Å². The highest BCUT2D eigenvalue weighted by molar-refractivity contribution is 4.88. The Morgan fingerprint density at radius 2 is 2.14 bits per heavy atom. The molecule has 0 saturated carbocycles. The molecule has 0 radical (unpaired) electrons. The molecule has 6 heteroatoms. The first-order valence-corrected chi connectivity index (χ1v) is 7.69. The molecular weight excluding hydrogens is 270 g/mol. The third-order valence-electron chi connectivity index (χ3n) is 3.89. The molecule has 1 atom stereocenters. The van der Waals surface area contributed by atoms with E-state index in [1.165, 1.54) is 10.6 Å². The zero-order valence-electron chi connectivity index (χ0n) is 13.1. The summed E-state index contributed by atoms with van der Waals surface area (Å²) in [5.74, 6) is 0. The molecule has 0 aliphatic carbocycles. The van der Waals surface area contributed by atoms with E-state index in [-0.39, 0.29) is 17.4 Å². The van der Waals surface area contributed by atoms with Crippen LogP contribution in [0.1, 0.15) is 27.2 Å². The SMILES string of the molecule is CCCn1ccc(=O)n(CC2CN(C(C)C)CCO2)c1=O. The maximum atomic E-state index is 12.3. The van der Waals surface area contributed by atoms with Crippen molar-refractivity contribution in [3.8, 4) is 0 Å². The molecule has 21 heavy (non-hydrogen) atoms. The van der Waals surface area contributed by atoms with Gasteiger partial charge in [0.25, 0.3) is 5.56 Å². The number of hydrogen-bond acceptors (Lipinski definition) is 4. The first-order valence-electron chi connectivity index (χ1n) is 7.69. The molecule has 1 fully saturated rings. The summed E-state index contributed by atoms with van der Waals surface area (Å²) in [5.41, 5.74) is -0.493. The summed E-state index contributed by atoms with van der Waals surface area (Å²) in [4.78, 5) is 26.6. The van der Waals surface area contributed by atoms with Crippen LogP contribution in [0.15, 0.2) is 21.9 Å². The summed E-state index contributed by atoms with van der Waals surface area (Å²) in [5, 5.41) is 0. The van der Waals surface area contributed by atoms with Crippen LogP contribution in [0.4, 0.5) is 0 Å². The zero-order valence-corrected chi connectivity index (χ0v) is 13.1. The average Bonchev–Trinajstić information content (AvgIpc) is 2.47. The van der Waals surface area contributed by atoms with Crippen molar-refractivity contribution in [2.75, 3.05) is 19.7 Å². The molecule has 1 aliphatic rings. The van der Waals surface area contributed by atoms with Crippen LogP contribution in [-0.4, -0.2) is 45.9 Å². The molecule has 118 valence electrons. The second-order valence-corrected chi connectivity index (χ2v) is 5.82. The predicted octanol–water partition coefficient (Wildman–Crippen LogP) is 0.529. The van der Waals surface area contributed by atoms with E-state index in [1.807, 2.05) is 6.92 Å². The smallest absolute Gasteiger partial charge is 0.331 e. The number of aryl methyl sites for hydroxylation is 1. The molecule has 1 aliphatic heterocycles. The van der Waals surface area contributed by atoms with Gasteiger partial charge in [0.1, 0.15) is 0 Å². The predicted molar refractivity (Wildman–Crippen MR) is 81.7 cm³/mol. The molecule has 0 aromatic carbocycles. The molecule has 0 N–H and O–H groups in total. The largest absolute Gasteiger partial charge is 0.374 e. The molecular formula is C15H25N3O3. The van der Waals surface area contributed by atoms with Gasteiger partial charge in [0.15, 0.2) is 0 Å². The summed E-state index contributed by atoms with van der Waals surface area (Å²) in [6.07, 6.45) is 2.33. The third-order valence-corrected chi connectivity index (χ3v) is 3.89. The summed E-state index contributed by atoms with van der Waals surface area (Å²) in [6.45, 7) is 9.55. The number of morpholine rings is 1. The Morgan fingerprint density at radius 3 is 2.81 bits per heavy atom. The minimum atomic E-state index is -0.252. The lowest BCUT2D eigenvalue weighted by Gasteiger charge is -2.35. The molecule has 0 amide bonds. The monoisotopic (exact) mass is 295 g/mol. The van der Waals surface area contributed by atoms with Gasteiger partial charge in [0, 0.05) is 37.9 Å². The molecule has 1 unspecified atom stereocenters. The zero-order chi connectivity index (χ0) is 15.4. The Bertz CT molecular complexity index is 576. The van der Waals surface area contributed by atoms with E-state index in [0.29, 0.717) is 25.7 Å². The highest BCUT2D eigenvalue weighted by atomic mass is 16.5. The van der Waals surface area contributed by atoms with Crippen LogP contribution in [0.2, 0.25) is 0 Å². The lowest BCUT2D eigenvalue weighted by atomic mass is 10.2. The summed E-state index contributed by atoms with van der Waals surface area (Å²) in [7, 11) is 0. The van der Waals surface area contributed by atoms with Crippen molar-refractivity contribution >= 4 is 0 Å². The highest BCUT2D eigenvalue weighted by Gasteiger charge is 2.23. The van der Waals surface area contributed by atoms with E-state index < -0.39 is 0 Å². The number of rotatable bonds is 5. The van der Waals surface area contributed by atoms with Gasteiger partial charge in [0.2, 0.25) is 0 Å². The second kappa shape index (κ2) is 7.04. The van der Waals surface area contributed by atoms with Crippen molar-refractivity contribution in [1.29, 1.82) is 0 Å². The fourth-order valence-electron chi connectivity index (χ4n) is 2.66. The van der Waals surface area contributed by atoms with E-state index in [0.717, 1.165) is 19.5 Å². The van der Waals surface area contributed by atoms with Crippen molar-refractivity contribution in [2.24, 2.45) is 0 Å². The van der Waals surface area contributed by atoms with Gasteiger partial charge >= 0.3 is 5.69 Å². The molecule has 2 rings (SSSR count). The lowest BCUT2D eigenvalue weighted by Crippen LogP contribution is -2.50. The van der Waals surface area contributed by atoms with Crippen LogP contribution in [0.3, 0.4) is 0 Å². The second-order valence-electron chi connectivity index (χ2n) is 5.82. The minimum absolute atomic E-state index is 0.107. The number of hydrogen-bond donors (Lipinski definition) is 0. The van der Waals surface area contributed by atoms with Gasteiger partial charge in [-0.25, -0.2) is 4.79 Å². The van der Waals surface area contributed by atoms with Gasteiger partial charge in [-0.2, -0.15) is 0 Å². The van der Waals surface area contributed by atoms with Crippen LogP contribution in [0.5, 0.6) is 0 Å². The Balaban J connectivity index is 2.17. The molecule has 1 saturated heterocycles. The van der Waals surface area contributed by atoms with Crippen LogP contribution >= 0.6 is 0 Å². The van der Waals surface area contributed by atoms with Crippen LogP contribution in [0, 0.1) is 0 Å². The Kier molecular flexibility index (Phi) is 5.36. The summed E-state index contributed by atoms with van der Waals surface area (Å²) >= 11 is 0. The van der Waals surface area contributed by atoms with Crippen LogP contribution in [0.25, 0.3) is 0 Å². The normalized spacial score (nSPS) is 20.1. The number of ether oxygens (including phenoxy) is 1. The van der Waals surface area contributed by atoms with E-state index >= 15 is 0 Å². The first kappa shape index (κ1) is 16.0. The molecule has 6 nitrogen and oxygen atoms in total. The first-order chi connectivity index (χ1) is 10.0. The Hall–Kier alpha value is -1.40. The van der Waals surface area contributed by atoms with Crippen LogP contribution in [-0.2, 0) is 17.8 Å². The van der Waals surface area contributed by atoms with Gasteiger partial charge in [0.05, 0.1) is 19.3 Å². The molecule has 1 aromatic rings.